The van der Waals surface area contributed by atoms with Crippen LogP contribution in [0.2, 0.25) is 0 Å². The smallest absolute Gasteiger partial charge is 0.338 e. The van der Waals surface area contributed by atoms with Gasteiger partial charge in [-0.25, -0.2) is 0 Å². The van der Waals surface area contributed by atoms with E-state index in [2.05, 4.69) is 12.2 Å². The van der Waals surface area contributed by atoms with E-state index >= 15 is 0 Å². The van der Waals surface area contributed by atoms with Crippen molar-refractivity contribution in [1.29, 1.82) is 0 Å². The Balaban J connectivity index is 1.50. The molecule has 0 bridgehead atoms. The molecule has 194 valence electrons. The summed E-state index contributed by atoms with van der Waals surface area (Å²) in [5.41, 5.74) is 3.12. The van der Waals surface area contributed by atoms with Gasteiger partial charge in [0, 0.05) is 29.8 Å². The molecular formula is C30H31F3N2O2. The second kappa shape index (κ2) is 10.4. The van der Waals surface area contributed by atoms with Crippen LogP contribution in [-0.2, 0) is 23.9 Å². The Bertz CT molecular complexity index is 1300. The average Bonchev–Trinajstić information content (AvgIpc) is 2.87. The van der Waals surface area contributed by atoms with Crippen LogP contribution in [0.25, 0.3) is 11.1 Å². The Labute approximate surface area is 215 Å². The fourth-order valence-electron chi connectivity index (χ4n) is 4.93. The average molecular weight is 509 g/mol. The molecule has 0 aliphatic carbocycles. The second-order valence-corrected chi connectivity index (χ2v) is 10.2. The lowest BCUT2D eigenvalue weighted by atomic mass is 9.85. The van der Waals surface area contributed by atoms with Crippen LogP contribution in [0.1, 0.15) is 60.7 Å². The molecule has 0 atom stereocenters. The van der Waals surface area contributed by atoms with Crippen LogP contribution < -0.4 is 5.32 Å². The number of anilines is 1. The fraction of sp³-hybridized carbons (Fsp3) is 0.333. The fourth-order valence-corrected chi connectivity index (χ4v) is 4.93. The van der Waals surface area contributed by atoms with E-state index in [-0.39, 0.29) is 17.2 Å². The van der Waals surface area contributed by atoms with Crippen LogP contribution in [0, 0.1) is 5.41 Å². The summed E-state index contributed by atoms with van der Waals surface area (Å²) < 4.78 is 38.9. The first-order valence-corrected chi connectivity index (χ1v) is 12.5. The summed E-state index contributed by atoms with van der Waals surface area (Å²) in [7, 11) is 0. The number of hydrogen-bond acceptors (Lipinski definition) is 2. The number of fused-ring (bicyclic) bond motifs is 1. The lowest BCUT2D eigenvalue weighted by molar-refractivity contribution is -0.141. The van der Waals surface area contributed by atoms with Gasteiger partial charge in [-0.05, 0) is 65.4 Å². The molecule has 0 radical (unpaired) electrons. The molecular weight excluding hydrogens is 477 g/mol. The van der Waals surface area contributed by atoms with E-state index in [0.717, 1.165) is 36.1 Å². The third kappa shape index (κ3) is 5.87. The summed E-state index contributed by atoms with van der Waals surface area (Å²) in [6, 6.07) is 17.3. The van der Waals surface area contributed by atoms with E-state index in [4.69, 9.17) is 0 Å². The van der Waals surface area contributed by atoms with Gasteiger partial charge in [-0.3, -0.25) is 9.59 Å². The van der Waals surface area contributed by atoms with E-state index in [9.17, 15) is 22.8 Å². The Morgan fingerprint density at radius 2 is 1.65 bits per heavy atom. The molecule has 7 heteroatoms. The highest BCUT2D eigenvalue weighted by Crippen LogP contribution is 2.33. The van der Waals surface area contributed by atoms with Crippen LogP contribution in [0.15, 0.2) is 66.7 Å². The van der Waals surface area contributed by atoms with Crippen LogP contribution in [0.4, 0.5) is 18.9 Å². The van der Waals surface area contributed by atoms with Gasteiger partial charge in [-0.2, -0.15) is 13.2 Å². The number of carbonyl (C=O) groups is 2. The maximum absolute atomic E-state index is 13.2. The Morgan fingerprint density at radius 3 is 2.32 bits per heavy atom. The Morgan fingerprint density at radius 1 is 0.946 bits per heavy atom. The van der Waals surface area contributed by atoms with Gasteiger partial charge >= 0.3 is 6.18 Å². The number of nitrogens with zero attached hydrogens (tertiary/aromatic N) is 1. The van der Waals surface area contributed by atoms with E-state index in [1.54, 1.807) is 24.3 Å². The van der Waals surface area contributed by atoms with E-state index in [1.165, 1.54) is 12.1 Å². The predicted molar refractivity (Wildman–Crippen MR) is 139 cm³/mol. The van der Waals surface area contributed by atoms with E-state index in [1.807, 2.05) is 36.9 Å². The number of amides is 2. The SMILES string of the molecule is CCCC(C)(C)C(=O)N1CCc2cc(NC(=O)c3ccccc3-c3ccc(C(F)(F)F)cc3)ccc2C1. The molecule has 1 N–H and O–H groups in total. The summed E-state index contributed by atoms with van der Waals surface area (Å²) in [4.78, 5) is 28.1. The largest absolute Gasteiger partial charge is 0.416 e. The van der Waals surface area contributed by atoms with Gasteiger partial charge in [0.15, 0.2) is 0 Å². The van der Waals surface area contributed by atoms with Gasteiger partial charge in [0.2, 0.25) is 5.91 Å². The van der Waals surface area contributed by atoms with Crippen molar-refractivity contribution < 1.29 is 22.8 Å². The first kappa shape index (κ1) is 26.5. The predicted octanol–water partition coefficient (Wildman–Crippen LogP) is 7.34. The molecule has 1 aliphatic rings. The number of halogens is 3. The highest BCUT2D eigenvalue weighted by Gasteiger charge is 2.33. The van der Waals surface area contributed by atoms with Crippen molar-refractivity contribution in [2.24, 2.45) is 5.41 Å². The number of rotatable bonds is 6. The van der Waals surface area contributed by atoms with Crippen LogP contribution in [-0.4, -0.2) is 23.3 Å². The number of hydrogen-bond donors (Lipinski definition) is 1. The molecule has 0 unspecified atom stereocenters. The lowest BCUT2D eigenvalue weighted by Crippen LogP contribution is -2.43. The van der Waals surface area contributed by atoms with Crippen molar-refractivity contribution in [3.8, 4) is 11.1 Å². The molecule has 0 aromatic heterocycles. The van der Waals surface area contributed by atoms with Gasteiger partial charge in [-0.1, -0.05) is 63.6 Å². The van der Waals surface area contributed by atoms with Crippen LogP contribution in [0.3, 0.4) is 0 Å². The maximum Gasteiger partial charge on any atom is 0.416 e. The Hall–Kier alpha value is -3.61. The van der Waals surface area contributed by atoms with Gasteiger partial charge in [0.05, 0.1) is 5.56 Å². The molecule has 0 fully saturated rings. The molecule has 4 rings (SSSR count). The van der Waals surface area contributed by atoms with Crippen molar-refractivity contribution in [3.05, 3.63) is 89.0 Å². The van der Waals surface area contributed by atoms with Gasteiger partial charge in [0.25, 0.3) is 5.91 Å². The summed E-state index contributed by atoms with van der Waals surface area (Å²) in [5, 5.41) is 2.93. The minimum absolute atomic E-state index is 0.164. The van der Waals surface area contributed by atoms with Crippen LogP contribution >= 0.6 is 0 Å². The number of benzene rings is 3. The molecule has 3 aromatic rings. The zero-order valence-electron chi connectivity index (χ0n) is 21.3. The molecule has 0 saturated heterocycles. The monoisotopic (exact) mass is 508 g/mol. The molecule has 0 spiro atoms. The summed E-state index contributed by atoms with van der Waals surface area (Å²) in [5.74, 6) is -0.179. The number of carbonyl (C=O) groups excluding carboxylic acids is 2. The molecule has 2 amide bonds. The molecule has 4 nitrogen and oxygen atoms in total. The second-order valence-electron chi connectivity index (χ2n) is 10.2. The zero-order chi connectivity index (χ0) is 26.8. The maximum atomic E-state index is 13.2. The normalized spacial score (nSPS) is 13.7. The molecule has 3 aromatic carbocycles. The highest BCUT2D eigenvalue weighted by atomic mass is 19.4. The molecule has 1 aliphatic heterocycles. The summed E-state index contributed by atoms with van der Waals surface area (Å²) in [6.45, 7) is 7.25. The lowest BCUT2D eigenvalue weighted by Gasteiger charge is -2.35. The van der Waals surface area contributed by atoms with Crippen molar-refractivity contribution in [3.63, 3.8) is 0 Å². The van der Waals surface area contributed by atoms with Gasteiger partial charge in [-0.15, -0.1) is 0 Å². The summed E-state index contributed by atoms with van der Waals surface area (Å²) in [6.07, 6.45) is -1.92. The van der Waals surface area contributed by atoms with Crippen molar-refractivity contribution in [1.82, 2.24) is 4.90 Å². The van der Waals surface area contributed by atoms with E-state index < -0.39 is 11.7 Å². The van der Waals surface area contributed by atoms with Crippen molar-refractivity contribution in [2.75, 3.05) is 11.9 Å². The Kier molecular flexibility index (Phi) is 7.44. The topological polar surface area (TPSA) is 49.4 Å². The molecule has 0 saturated carbocycles. The van der Waals surface area contributed by atoms with E-state index in [0.29, 0.717) is 41.9 Å². The summed E-state index contributed by atoms with van der Waals surface area (Å²) >= 11 is 0. The zero-order valence-corrected chi connectivity index (χ0v) is 21.3. The minimum Gasteiger partial charge on any atom is -0.338 e. The third-order valence-corrected chi connectivity index (χ3v) is 6.91. The third-order valence-electron chi connectivity index (χ3n) is 6.91. The van der Waals surface area contributed by atoms with Crippen LogP contribution in [0.5, 0.6) is 0 Å². The molecule has 37 heavy (non-hydrogen) atoms. The first-order valence-electron chi connectivity index (χ1n) is 12.5. The number of nitrogens with one attached hydrogen (secondary N) is 1. The standard InChI is InChI=1S/C30H31F3N2O2/c1-4-16-29(2,3)28(37)35-17-15-21-18-24(14-11-22(21)19-35)34-27(36)26-8-6-5-7-25(26)20-9-12-23(13-10-20)30(31,32)33/h5-14,18H,4,15-17,19H2,1-3H3,(H,34,36). The van der Waals surface area contributed by atoms with Crippen molar-refractivity contribution >= 4 is 17.5 Å². The molecule has 1 heterocycles. The van der Waals surface area contributed by atoms with Gasteiger partial charge in [0.1, 0.15) is 0 Å². The first-order chi connectivity index (χ1) is 17.5. The quantitative estimate of drug-likeness (QED) is 0.379. The number of alkyl halides is 3. The van der Waals surface area contributed by atoms with Gasteiger partial charge < -0.3 is 10.2 Å². The van der Waals surface area contributed by atoms with Crippen molar-refractivity contribution in [2.45, 2.75) is 52.8 Å². The minimum atomic E-state index is -4.42. The highest BCUT2D eigenvalue weighted by molar-refractivity contribution is 6.08.